The van der Waals surface area contributed by atoms with E-state index in [9.17, 15) is 5.26 Å². The summed E-state index contributed by atoms with van der Waals surface area (Å²) in [4.78, 5) is 0. The van der Waals surface area contributed by atoms with Crippen LogP contribution in [-0.4, -0.2) is 21.1 Å². The minimum Gasteiger partial charge on any atom is -0.490 e. The van der Waals surface area contributed by atoms with Crippen LogP contribution >= 0.6 is 0 Å². The van der Waals surface area contributed by atoms with Crippen LogP contribution in [0.4, 0.5) is 0 Å². The van der Waals surface area contributed by atoms with E-state index < -0.39 is 0 Å². The van der Waals surface area contributed by atoms with Crippen LogP contribution in [0.25, 0.3) is 33.3 Å². The molecule has 138 valence electrons. The molecule has 3 aromatic carbocycles. The SMILES string of the molecule is CC(C)Oc1ccc2cc(C#N)ccc2c1-c1c(-c2ccccc2)nnn1C. The molecular weight excluding hydrogens is 348 g/mol. The van der Waals surface area contributed by atoms with Gasteiger partial charge in [-0.15, -0.1) is 5.10 Å². The van der Waals surface area contributed by atoms with E-state index in [0.717, 1.165) is 39.0 Å². The summed E-state index contributed by atoms with van der Waals surface area (Å²) in [6.07, 6.45) is 0.0240. The van der Waals surface area contributed by atoms with E-state index >= 15 is 0 Å². The molecule has 0 unspecified atom stereocenters. The molecule has 28 heavy (non-hydrogen) atoms. The Morgan fingerprint density at radius 3 is 2.54 bits per heavy atom. The Labute approximate surface area is 163 Å². The summed E-state index contributed by atoms with van der Waals surface area (Å²) in [5.74, 6) is 0.773. The van der Waals surface area contributed by atoms with Crippen LogP contribution in [0.2, 0.25) is 0 Å². The maximum absolute atomic E-state index is 9.26. The number of rotatable bonds is 4. The van der Waals surface area contributed by atoms with Crippen molar-refractivity contribution in [2.45, 2.75) is 20.0 Å². The van der Waals surface area contributed by atoms with Crippen LogP contribution in [0.3, 0.4) is 0 Å². The van der Waals surface area contributed by atoms with Gasteiger partial charge in [0.25, 0.3) is 0 Å². The molecule has 0 spiro atoms. The van der Waals surface area contributed by atoms with E-state index in [1.165, 1.54) is 0 Å². The smallest absolute Gasteiger partial charge is 0.129 e. The Hall–Kier alpha value is -3.65. The first-order chi connectivity index (χ1) is 13.6. The molecule has 0 aliphatic carbocycles. The first-order valence-corrected chi connectivity index (χ1v) is 9.17. The second-order valence-corrected chi connectivity index (χ2v) is 6.93. The highest BCUT2D eigenvalue weighted by atomic mass is 16.5. The van der Waals surface area contributed by atoms with Crippen molar-refractivity contribution in [2.24, 2.45) is 7.05 Å². The van der Waals surface area contributed by atoms with Crippen LogP contribution in [0.15, 0.2) is 60.7 Å². The molecule has 0 aliphatic rings. The molecule has 4 rings (SSSR count). The van der Waals surface area contributed by atoms with Crippen LogP contribution in [0.5, 0.6) is 5.75 Å². The second-order valence-electron chi connectivity index (χ2n) is 6.93. The van der Waals surface area contributed by atoms with Gasteiger partial charge in [-0.05, 0) is 42.8 Å². The van der Waals surface area contributed by atoms with E-state index in [1.54, 1.807) is 4.68 Å². The summed E-state index contributed by atoms with van der Waals surface area (Å²) in [5.41, 5.74) is 4.24. The van der Waals surface area contributed by atoms with Crippen molar-refractivity contribution in [1.82, 2.24) is 15.0 Å². The standard InChI is InChI=1S/C23H20N4O/c1-15(2)28-20-12-10-18-13-16(14-24)9-11-19(18)21(20)23-22(25-26-27(23)3)17-7-5-4-6-8-17/h4-13,15H,1-3H3. The minimum atomic E-state index is 0.0240. The molecule has 5 nitrogen and oxygen atoms in total. The number of ether oxygens (including phenoxy) is 1. The van der Waals surface area contributed by atoms with Crippen molar-refractivity contribution in [1.29, 1.82) is 5.26 Å². The first-order valence-electron chi connectivity index (χ1n) is 9.17. The van der Waals surface area contributed by atoms with Gasteiger partial charge in [0.2, 0.25) is 0 Å². The van der Waals surface area contributed by atoms with Crippen molar-refractivity contribution < 1.29 is 4.74 Å². The monoisotopic (exact) mass is 368 g/mol. The maximum atomic E-state index is 9.26. The van der Waals surface area contributed by atoms with E-state index in [1.807, 2.05) is 81.6 Å². The molecule has 0 atom stereocenters. The molecule has 0 fully saturated rings. The van der Waals surface area contributed by atoms with E-state index in [2.05, 4.69) is 16.4 Å². The lowest BCUT2D eigenvalue weighted by atomic mass is 9.96. The Kier molecular flexibility index (Phi) is 4.54. The lowest BCUT2D eigenvalue weighted by molar-refractivity contribution is 0.243. The number of hydrogen-bond acceptors (Lipinski definition) is 4. The fraction of sp³-hybridized carbons (Fsp3) is 0.174. The summed E-state index contributed by atoms with van der Waals surface area (Å²) in [6, 6.07) is 21.9. The number of aryl methyl sites for hydroxylation is 1. The number of fused-ring (bicyclic) bond motifs is 1. The van der Waals surface area contributed by atoms with Gasteiger partial charge in [0.1, 0.15) is 17.1 Å². The Morgan fingerprint density at radius 1 is 1.04 bits per heavy atom. The van der Waals surface area contributed by atoms with Crippen molar-refractivity contribution in [3.63, 3.8) is 0 Å². The highest BCUT2D eigenvalue weighted by Gasteiger charge is 2.21. The van der Waals surface area contributed by atoms with Gasteiger partial charge in [-0.2, -0.15) is 5.26 Å². The summed E-state index contributed by atoms with van der Waals surface area (Å²) < 4.78 is 7.93. The third kappa shape index (κ3) is 3.10. The topological polar surface area (TPSA) is 63.7 Å². The maximum Gasteiger partial charge on any atom is 0.129 e. The molecule has 4 aromatic rings. The highest BCUT2D eigenvalue weighted by molar-refractivity contribution is 6.02. The fourth-order valence-corrected chi connectivity index (χ4v) is 3.40. The third-order valence-corrected chi connectivity index (χ3v) is 4.58. The number of aromatic nitrogens is 3. The predicted octanol–water partition coefficient (Wildman–Crippen LogP) is 4.96. The molecule has 0 saturated heterocycles. The van der Waals surface area contributed by atoms with Crippen molar-refractivity contribution in [3.05, 3.63) is 66.2 Å². The van der Waals surface area contributed by atoms with Gasteiger partial charge in [-0.3, -0.25) is 0 Å². The fourth-order valence-electron chi connectivity index (χ4n) is 3.40. The second kappa shape index (κ2) is 7.16. The largest absolute Gasteiger partial charge is 0.490 e. The lowest BCUT2D eigenvalue weighted by Crippen LogP contribution is -2.08. The lowest BCUT2D eigenvalue weighted by Gasteiger charge is -2.17. The van der Waals surface area contributed by atoms with Gasteiger partial charge in [-0.25, -0.2) is 4.68 Å². The zero-order valence-electron chi connectivity index (χ0n) is 16.0. The van der Waals surface area contributed by atoms with Crippen molar-refractivity contribution in [3.8, 4) is 34.3 Å². The molecule has 5 heteroatoms. The van der Waals surface area contributed by atoms with Gasteiger partial charge >= 0.3 is 0 Å². The summed E-state index contributed by atoms with van der Waals surface area (Å²) in [5, 5.41) is 20.0. The molecule has 1 heterocycles. The van der Waals surface area contributed by atoms with Crippen molar-refractivity contribution >= 4 is 10.8 Å². The molecule has 0 N–H and O–H groups in total. The van der Waals surface area contributed by atoms with Crippen LogP contribution in [0, 0.1) is 11.3 Å². The third-order valence-electron chi connectivity index (χ3n) is 4.58. The molecule has 0 amide bonds. The molecular formula is C23H20N4O. The summed E-state index contributed by atoms with van der Waals surface area (Å²) in [7, 11) is 1.89. The van der Waals surface area contributed by atoms with Gasteiger partial charge in [0, 0.05) is 12.6 Å². The minimum absolute atomic E-state index is 0.0240. The molecule has 0 radical (unpaired) electrons. The van der Waals surface area contributed by atoms with Gasteiger partial charge in [0.05, 0.1) is 23.3 Å². The van der Waals surface area contributed by atoms with Gasteiger partial charge in [0.15, 0.2) is 0 Å². The predicted molar refractivity (Wildman–Crippen MR) is 110 cm³/mol. The number of benzene rings is 3. The number of nitriles is 1. The highest BCUT2D eigenvalue weighted by Crippen LogP contribution is 2.41. The van der Waals surface area contributed by atoms with Crippen molar-refractivity contribution in [2.75, 3.05) is 0 Å². The Bertz CT molecular complexity index is 1190. The average Bonchev–Trinajstić information content (AvgIpc) is 3.08. The quantitative estimate of drug-likeness (QED) is 0.511. The van der Waals surface area contributed by atoms with Gasteiger partial charge < -0.3 is 4.74 Å². The van der Waals surface area contributed by atoms with Gasteiger partial charge in [-0.1, -0.05) is 47.7 Å². The summed E-state index contributed by atoms with van der Waals surface area (Å²) in [6.45, 7) is 4.01. The zero-order valence-corrected chi connectivity index (χ0v) is 16.0. The van der Waals surface area contributed by atoms with Crippen LogP contribution in [-0.2, 0) is 7.05 Å². The van der Waals surface area contributed by atoms with Crippen LogP contribution in [0.1, 0.15) is 19.4 Å². The van der Waals surface area contributed by atoms with E-state index in [-0.39, 0.29) is 6.10 Å². The molecule has 1 aromatic heterocycles. The van der Waals surface area contributed by atoms with E-state index in [0.29, 0.717) is 5.56 Å². The summed E-state index contributed by atoms with van der Waals surface area (Å²) >= 11 is 0. The Balaban J connectivity index is 2.05. The number of nitrogens with zero attached hydrogens (tertiary/aromatic N) is 4. The van der Waals surface area contributed by atoms with E-state index in [4.69, 9.17) is 4.74 Å². The average molecular weight is 368 g/mol. The molecule has 0 saturated carbocycles. The zero-order chi connectivity index (χ0) is 19.7. The normalized spacial score (nSPS) is 11.0. The molecule has 0 bridgehead atoms. The molecule has 0 aliphatic heterocycles. The first kappa shape index (κ1) is 17.7. The van der Waals surface area contributed by atoms with Crippen LogP contribution < -0.4 is 4.74 Å². The Morgan fingerprint density at radius 2 is 1.82 bits per heavy atom. The number of hydrogen-bond donors (Lipinski definition) is 0.